The number of hydrogen-bond donors (Lipinski definition) is 0. The number of carbonyl (C=O) groups excluding carboxylic acids is 2. The molecule has 5 rings (SSSR count). The van der Waals surface area contributed by atoms with Crippen molar-refractivity contribution in [1.29, 1.82) is 0 Å². The Labute approximate surface area is 214 Å². The highest BCUT2D eigenvalue weighted by atomic mass is 16.5. The fourth-order valence-electron chi connectivity index (χ4n) is 11.3. The molecule has 3 nitrogen and oxygen atoms in total. The number of fused-ring (bicyclic) bond motifs is 7. The largest absolute Gasteiger partial charge is 0.462 e. The first-order chi connectivity index (χ1) is 16.1. The van der Waals surface area contributed by atoms with Crippen molar-refractivity contribution in [3.05, 3.63) is 11.1 Å². The minimum Gasteiger partial charge on any atom is -0.462 e. The van der Waals surface area contributed by atoms with Gasteiger partial charge in [0, 0.05) is 18.8 Å². The predicted octanol–water partition coefficient (Wildman–Crippen LogP) is 7.92. The SMILES string of the molecule is CC(=O)O[C@H]1CC[C@@]2(C)C(CC[C@]3(C)C2CC[C@@H]2C4=C(C(C)C)C(=O)C[C@]4(C)CC[C@]23C)C1(C)C. The molecule has 2 unspecified atom stereocenters. The molecular formula is C32H50O3. The van der Waals surface area contributed by atoms with E-state index >= 15 is 0 Å². The zero-order valence-electron chi connectivity index (χ0n) is 24.0. The van der Waals surface area contributed by atoms with Crippen molar-refractivity contribution in [1.82, 2.24) is 0 Å². The summed E-state index contributed by atoms with van der Waals surface area (Å²) in [6, 6.07) is 0. The molecule has 0 N–H and O–H groups in total. The van der Waals surface area contributed by atoms with E-state index in [1.807, 2.05) is 0 Å². The van der Waals surface area contributed by atoms with Crippen molar-refractivity contribution in [3.63, 3.8) is 0 Å². The van der Waals surface area contributed by atoms with Gasteiger partial charge in [0.1, 0.15) is 6.10 Å². The highest BCUT2D eigenvalue weighted by Crippen LogP contribution is 2.76. The number of esters is 1. The van der Waals surface area contributed by atoms with Gasteiger partial charge < -0.3 is 4.74 Å². The van der Waals surface area contributed by atoms with Crippen LogP contribution in [0.2, 0.25) is 0 Å². The lowest BCUT2D eigenvalue weighted by Gasteiger charge is -2.72. The molecule has 196 valence electrons. The molecule has 5 aliphatic carbocycles. The standard InChI is InChI=1S/C32H50O3/c1-19(2)26-22(34)18-29(6)16-17-31(8)21(27(26)29)10-11-24-30(7)14-13-25(35-20(3)33)28(4,5)23(30)12-15-32(24,31)9/h19,21,23-25H,10-18H2,1-9H3/t21-,23?,24?,25+,29+,30+,31-,32-/m1/s1. The second kappa shape index (κ2) is 7.70. The Balaban J connectivity index is 1.55. The number of carbonyl (C=O) groups is 2. The maximum absolute atomic E-state index is 13.3. The third kappa shape index (κ3) is 3.21. The molecule has 5 aliphatic rings. The minimum atomic E-state index is -0.133. The third-order valence-electron chi connectivity index (χ3n) is 13.0. The van der Waals surface area contributed by atoms with Crippen molar-refractivity contribution in [2.45, 2.75) is 126 Å². The van der Waals surface area contributed by atoms with E-state index in [-0.39, 0.29) is 39.1 Å². The maximum Gasteiger partial charge on any atom is 0.302 e. The first-order valence-electron chi connectivity index (χ1n) is 14.6. The highest BCUT2D eigenvalue weighted by molar-refractivity contribution is 6.00. The summed E-state index contributed by atoms with van der Waals surface area (Å²) in [5.41, 5.74) is 3.70. The molecule has 0 radical (unpaired) electrons. The molecule has 0 aromatic rings. The number of rotatable bonds is 2. The smallest absolute Gasteiger partial charge is 0.302 e. The molecule has 0 aromatic heterocycles. The van der Waals surface area contributed by atoms with Gasteiger partial charge in [-0.25, -0.2) is 0 Å². The van der Waals surface area contributed by atoms with Crippen LogP contribution in [0.1, 0.15) is 120 Å². The number of Topliss-reactive ketones (excluding diaryl/α,β-unsaturated/α-hetero) is 1. The van der Waals surface area contributed by atoms with E-state index in [2.05, 4.69) is 55.4 Å². The number of ether oxygens (including phenoxy) is 1. The Bertz CT molecular complexity index is 973. The average molecular weight is 483 g/mol. The van der Waals surface area contributed by atoms with Crippen LogP contribution in [0, 0.1) is 50.7 Å². The summed E-state index contributed by atoms with van der Waals surface area (Å²) in [6.07, 6.45) is 10.3. The molecule has 3 heteroatoms. The van der Waals surface area contributed by atoms with Crippen molar-refractivity contribution < 1.29 is 14.3 Å². The molecule has 0 saturated heterocycles. The molecule has 0 bridgehead atoms. The monoisotopic (exact) mass is 482 g/mol. The van der Waals surface area contributed by atoms with E-state index in [0.717, 1.165) is 19.3 Å². The fourth-order valence-corrected chi connectivity index (χ4v) is 11.3. The van der Waals surface area contributed by atoms with Gasteiger partial charge in [-0.2, -0.15) is 0 Å². The van der Waals surface area contributed by atoms with Gasteiger partial charge in [-0.1, -0.05) is 61.0 Å². The van der Waals surface area contributed by atoms with Crippen LogP contribution in [0.5, 0.6) is 0 Å². The van der Waals surface area contributed by atoms with Crippen LogP contribution in [0.4, 0.5) is 0 Å². The van der Waals surface area contributed by atoms with Gasteiger partial charge in [-0.15, -0.1) is 0 Å². The topological polar surface area (TPSA) is 43.4 Å². The van der Waals surface area contributed by atoms with Gasteiger partial charge in [0.05, 0.1) is 0 Å². The average Bonchev–Trinajstić information content (AvgIpc) is 3.01. The zero-order chi connectivity index (χ0) is 25.8. The van der Waals surface area contributed by atoms with Gasteiger partial charge in [-0.05, 0) is 102 Å². The summed E-state index contributed by atoms with van der Waals surface area (Å²) in [5.74, 6) is 2.46. The maximum atomic E-state index is 13.3. The van der Waals surface area contributed by atoms with Crippen LogP contribution in [-0.2, 0) is 14.3 Å². The van der Waals surface area contributed by atoms with Crippen LogP contribution in [0.25, 0.3) is 0 Å². The second-order valence-electron chi connectivity index (χ2n) is 15.2. The number of hydrogen-bond acceptors (Lipinski definition) is 3. The highest BCUT2D eigenvalue weighted by Gasteiger charge is 2.69. The quantitative estimate of drug-likeness (QED) is 0.375. The Morgan fingerprint density at radius 1 is 0.857 bits per heavy atom. The van der Waals surface area contributed by atoms with E-state index in [0.29, 0.717) is 29.5 Å². The lowest BCUT2D eigenvalue weighted by Crippen LogP contribution is -2.65. The molecule has 0 aromatic carbocycles. The van der Waals surface area contributed by atoms with Crippen LogP contribution in [-0.4, -0.2) is 17.9 Å². The first-order valence-corrected chi connectivity index (χ1v) is 14.6. The summed E-state index contributed by atoms with van der Waals surface area (Å²) < 4.78 is 5.89. The fraction of sp³-hybridized carbons (Fsp3) is 0.875. The van der Waals surface area contributed by atoms with E-state index in [1.54, 1.807) is 12.5 Å². The summed E-state index contributed by atoms with van der Waals surface area (Å²) >= 11 is 0. The van der Waals surface area contributed by atoms with Gasteiger partial charge in [-0.3, -0.25) is 9.59 Å². The Kier molecular flexibility index (Phi) is 5.62. The van der Waals surface area contributed by atoms with Crippen molar-refractivity contribution in [2.75, 3.05) is 0 Å². The molecule has 4 saturated carbocycles. The Morgan fingerprint density at radius 3 is 2.17 bits per heavy atom. The van der Waals surface area contributed by atoms with E-state index in [1.165, 1.54) is 44.1 Å². The molecule has 0 aliphatic heterocycles. The second-order valence-corrected chi connectivity index (χ2v) is 15.2. The predicted molar refractivity (Wildman–Crippen MR) is 141 cm³/mol. The third-order valence-corrected chi connectivity index (χ3v) is 13.0. The minimum absolute atomic E-state index is 0.00804. The lowest BCUT2D eigenvalue weighted by molar-refractivity contribution is -0.232. The van der Waals surface area contributed by atoms with E-state index in [9.17, 15) is 9.59 Å². The van der Waals surface area contributed by atoms with Gasteiger partial charge in [0.15, 0.2) is 5.78 Å². The van der Waals surface area contributed by atoms with Crippen LogP contribution in [0.15, 0.2) is 11.1 Å². The van der Waals surface area contributed by atoms with Gasteiger partial charge >= 0.3 is 5.97 Å². The van der Waals surface area contributed by atoms with Gasteiger partial charge in [0.25, 0.3) is 0 Å². The number of allylic oxidation sites excluding steroid dienone is 2. The van der Waals surface area contributed by atoms with E-state index < -0.39 is 0 Å². The molecule has 8 atom stereocenters. The summed E-state index contributed by atoms with van der Waals surface area (Å²) in [7, 11) is 0. The van der Waals surface area contributed by atoms with Crippen molar-refractivity contribution in [3.8, 4) is 0 Å². The van der Waals surface area contributed by atoms with Crippen molar-refractivity contribution in [2.24, 2.45) is 50.7 Å². The van der Waals surface area contributed by atoms with Crippen LogP contribution < -0.4 is 0 Å². The molecule has 0 amide bonds. The molecule has 0 spiro atoms. The molecule has 35 heavy (non-hydrogen) atoms. The van der Waals surface area contributed by atoms with Gasteiger partial charge in [0.2, 0.25) is 0 Å². The number of ketones is 1. The van der Waals surface area contributed by atoms with Crippen LogP contribution in [0.3, 0.4) is 0 Å². The molecule has 4 fully saturated rings. The molecular weight excluding hydrogens is 432 g/mol. The summed E-state index contributed by atoms with van der Waals surface area (Å²) in [5, 5.41) is 0. The zero-order valence-corrected chi connectivity index (χ0v) is 24.0. The first kappa shape index (κ1) is 25.5. The lowest BCUT2D eigenvalue weighted by atomic mass is 9.33. The summed E-state index contributed by atoms with van der Waals surface area (Å²) in [4.78, 5) is 25.1. The Morgan fingerprint density at radius 2 is 1.54 bits per heavy atom. The molecule has 0 heterocycles. The normalized spacial score (nSPS) is 48.7. The summed E-state index contributed by atoms with van der Waals surface area (Å²) in [6.45, 7) is 21.0. The Hall–Kier alpha value is -1.12. The van der Waals surface area contributed by atoms with Crippen LogP contribution >= 0.6 is 0 Å². The van der Waals surface area contributed by atoms with Crippen molar-refractivity contribution >= 4 is 11.8 Å². The van der Waals surface area contributed by atoms with E-state index in [4.69, 9.17) is 4.74 Å².